The van der Waals surface area contributed by atoms with Crippen molar-refractivity contribution in [2.45, 2.75) is 0 Å². The monoisotopic (exact) mass is 262 g/mol. The van der Waals surface area contributed by atoms with Crippen LogP contribution in [0.5, 0.6) is 0 Å². The number of aromatic nitrogens is 3. The molecule has 1 rings (SSSR count). The van der Waals surface area contributed by atoms with E-state index in [1.165, 1.54) is 0 Å². The molecule has 0 radical (unpaired) electrons. The molecule has 1 aromatic rings. The van der Waals surface area contributed by atoms with Crippen molar-refractivity contribution in [2.24, 2.45) is 0 Å². The van der Waals surface area contributed by atoms with Crippen molar-refractivity contribution in [2.75, 3.05) is 29.6 Å². The lowest BCUT2D eigenvalue weighted by Gasteiger charge is -1.98. The molecule has 10 heteroatoms. The van der Waals surface area contributed by atoms with Crippen LogP contribution in [0, 0.1) is 0 Å². The fourth-order valence-corrected chi connectivity index (χ4v) is 0.968. The lowest BCUT2D eigenvalue weighted by Crippen LogP contribution is -2.06. The maximum atomic E-state index is 9.72. The molecule has 17 heavy (non-hydrogen) atoms. The van der Waals surface area contributed by atoms with Gasteiger partial charge in [0.2, 0.25) is 17.8 Å². The molecule has 0 amide bonds. The summed E-state index contributed by atoms with van der Waals surface area (Å²) in [5, 5.41) is 2.69. The highest BCUT2D eigenvalue weighted by Crippen LogP contribution is 2.00. The summed E-state index contributed by atoms with van der Waals surface area (Å²) in [5.41, 5.74) is 10.5. The van der Waals surface area contributed by atoms with Crippen LogP contribution >= 0.6 is 0 Å². The second-order valence-corrected chi connectivity index (χ2v) is 4.16. The van der Waals surface area contributed by atoms with E-state index in [4.69, 9.17) is 16.0 Å². The predicted octanol–water partition coefficient (Wildman–Crippen LogP) is -0.862. The summed E-state index contributed by atoms with van der Waals surface area (Å²) in [7, 11) is -2.12. The number of anilines is 3. The van der Waals surface area contributed by atoms with Gasteiger partial charge in [0, 0.05) is 7.05 Å². The van der Waals surface area contributed by atoms with Gasteiger partial charge in [0.25, 0.3) is 10.1 Å². The molecule has 1 heterocycles. The lowest BCUT2D eigenvalue weighted by atomic mass is 10.8. The van der Waals surface area contributed by atoms with Gasteiger partial charge in [-0.2, -0.15) is 23.4 Å². The summed E-state index contributed by atoms with van der Waals surface area (Å²) >= 11 is 0. The van der Waals surface area contributed by atoms with Gasteiger partial charge in [0.05, 0.1) is 5.75 Å². The number of nitrogens with one attached hydrogen (secondary N) is 1. The molecule has 0 aliphatic carbocycles. The molecule has 0 aliphatic heterocycles. The Hall–Kier alpha value is -1.94. The molecule has 0 bridgehead atoms. The van der Waals surface area contributed by atoms with E-state index in [2.05, 4.69) is 26.8 Å². The van der Waals surface area contributed by atoms with Crippen molar-refractivity contribution in [1.29, 1.82) is 0 Å². The molecule has 9 nitrogen and oxygen atoms in total. The Morgan fingerprint density at radius 2 is 1.82 bits per heavy atom. The molecular weight excluding hydrogens is 248 g/mol. The summed E-state index contributed by atoms with van der Waals surface area (Å²) in [4.78, 5) is 11.0. The Balaban J connectivity index is 0.000000325. The molecule has 96 valence electrons. The maximum absolute atomic E-state index is 9.72. The summed E-state index contributed by atoms with van der Waals surface area (Å²) < 4.78 is 27.3. The van der Waals surface area contributed by atoms with Gasteiger partial charge < -0.3 is 16.8 Å². The first kappa shape index (κ1) is 15.1. The van der Waals surface area contributed by atoms with Crippen LogP contribution < -0.4 is 16.8 Å². The van der Waals surface area contributed by atoms with Gasteiger partial charge in [0.15, 0.2) is 0 Å². The fraction of sp³-hybridized carbons (Fsp3) is 0.286. The SMILES string of the molecule is C=CCS(=O)(=O)O.CNc1nc(N)nc(N)n1. The zero-order chi connectivity index (χ0) is 13.5. The Morgan fingerprint density at radius 1 is 1.35 bits per heavy atom. The normalized spacial score (nSPS) is 10.0. The summed E-state index contributed by atoms with van der Waals surface area (Å²) in [5.74, 6) is 0.256. The van der Waals surface area contributed by atoms with E-state index in [0.29, 0.717) is 5.95 Å². The van der Waals surface area contributed by atoms with Crippen LogP contribution in [0.4, 0.5) is 17.8 Å². The minimum atomic E-state index is -3.79. The minimum Gasteiger partial charge on any atom is -0.368 e. The maximum Gasteiger partial charge on any atom is 0.268 e. The van der Waals surface area contributed by atoms with Gasteiger partial charge in [-0.3, -0.25) is 4.55 Å². The van der Waals surface area contributed by atoms with Crippen molar-refractivity contribution >= 4 is 28.0 Å². The molecular formula is C7H14N6O3S. The fourth-order valence-electron chi connectivity index (χ4n) is 0.670. The van der Waals surface area contributed by atoms with Gasteiger partial charge >= 0.3 is 0 Å². The second kappa shape index (κ2) is 6.60. The molecule has 0 spiro atoms. The topological polar surface area (TPSA) is 157 Å². The summed E-state index contributed by atoms with van der Waals surface area (Å²) in [6, 6.07) is 0. The number of nitrogens with two attached hydrogens (primary N) is 2. The first-order valence-electron chi connectivity index (χ1n) is 4.29. The van der Waals surface area contributed by atoms with Crippen molar-refractivity contribution in [3.63, 3.8) is 0 Å². The standard InChI is InChI=1S/C4H8N6.C3H6O3S/c1-7-4-9-2(5)8-3(6)10-4;1-2-3-7(4,5)6/h1H3,(H5,5,6,7,8,9,10);2H,1,3H2,(H,4,5,6). The number of hydrogen-bond donors (Lipinski definition) is 4. The number of rotatable bonds is 3. The third-order valence-electron chi connectivity index (χ3n) is 1.22. The van der Waals surface area contributed by atoms with E-state index in [1.807, 2.05) is 0 Å². The Labute approximate surface area is 98.7 Å². The van der Waals surface area contributed by atoms with Crippen LogP contribution in [0.15, 0.2) is 12.7 Å². The van der Waals surface area contributed by atoms with Crippen molar-refractivity contribution in [3.8, 4) is 0 Å². The van der Waals surface area contributed by atoms with Gasteiger partial charge in [-0.15, -0.1) is 6.58 Å². The van der Waals surface area contributed by atoms with E-state index in [0.717, 1.165) is 6.08 Å². The van der Waals surface area contributed by atoms with E-state index in [1.54, 1.807) is 7.05 Å². The highest BCUT2D eigenvalue weighted by molar-refractivity contribution is 7.85. The highest BCUT2D eigenvalue weighted by Gasteiger charge is 1.96. The Kier molecular flexibility index (Phi) is 5.85. The molecule has 0 saturated heterocycles. The van der Waals surface area contributed by atoms with E-state index in [9.17, 15) is 8.42 Å². The third-order valence-corrected chi connectivity index (χ3v) is 1.88. The van der Waals surface area contributed by atoms with E-state index >= 15 is 0 Å². The van der Waals surface area contributed by atoms with Crippen LogP contribution in [-0.4, -0.2) is 40.7 Å². The van der Waals surface area contributed by atoms with Crippen molar-refractivity contribution < 1.29 is 13.0 Å². The summed E-state index contributed by atoms with van der Waals surface area (Å²) in [6.45, 7) is 3.11. The zero-order valence-corrected chi connectivity index (χ0v) is 9.98. The van der Waals surface area contributed by atoms with E-state index in [-0.39, 0.29) is 17.6 Å². The average molecular weight is 262 g/mol. The Bertz CT molecular complexity index is 454. The molecule has 0 unspecified atom stereocenters. The zero-order valence-electron chi connectivity index (χ0n) is 9.16. The number of hydrogen-bond acceptors (Lipinski definition) is 8. The predicted molar refractivity (Wildman–Crippen MR) is 64.8 cm³/mol. The molecule has 0 saturated carbocycles. The smallest absolute Gasteiger partial charge is 0.268 e. The minimum absolute atomic E-state index is 0.122. The second-order valence-electron chi connectivity index (χ2n) is 2.66. The Morgan fingerprint density at radius 3 is 2.06 bits per heavy atom. The van der Waals surface area contributed by atoms with Crippen molar-refractivity contribution in [3.05, 3.63) is 12.7 Å². The summed E-state index contributed by atoms with van der Waals surface area (Å²) in [6.07, 6.45) is 1.12. The first-order chi connectivity index (χ1) is 7.78. The van der Waals surface area contributed by atoms with Gasteiger partial charge in [-0.25, -0.2) is 0 Å². The average Bonchev–Trinajstić information content (AvgIpc) is 2.15. The molecule has 0 atom stereocenters. The van der Waals surface area contributed by atoms with E-state index < -0.39 is 10.1 Å². The quantitative estimate of drug-likeness (QED) is 0.401. The number of nitrogen functional groups attached to an aromatic ring is 2. The van der Waals surface area contributed by atoms with Gasteiger partial charge in [0.1, 0.15) is 0 Å². The molecule has 6 N–H and O–H groups in total. The van der Waals surface area contributed by atoms with Crippen LogP contribution in [0.1, 0.15) is 0 Å². The van der Waals surface area contributed by atoms with Crippen LogP contribution in [-0.2, 0) is 10.1 Å². The lowest BCUT2D eigenvalue weighted by molar-refractivity contribution is 0.487. The number of nitrogens with zero attached hydrogens (tertiary/aromatic N) is 3. The van der Waals surface area contributed by atoms with Crippen LogP contribution in [0.2, 0.25) is 0 Å². The molecule has 0 fully saturated rings. The molecule has 0 aliphatic rings. The highest BCUT2D eigenvalue weighted by atomic mass is 32.2. The van der Waals surface area contributed by atoms with Gasteiger partial charge in [-0.05, 0) is 0 Å². The molecule has 0 aromatic carbocycles. The third kappa shape index (κ3) is 7.93. The van der Waals surface area contributed by atoms with Gasteiger partial charge in [-0.1, -0.05) is 6.08 Å². The van der Waals surface area contributed by atoms with Crippen LogP contribution in [0.25, 0.3) is 0 Å². The van der Waals surface area contributed by atoms with Crippen LogP contribution in [0.3, 0.4) is 0 Å². The first-order valence-corrected chi connectivity index (χ1v) is 5.90. The van der Waals surface area contributed by atoms with Crippen molar-refractivity contribution in [1.82, 2.24) is 15.0 Å². The largest absolute Gasteiger partial charge is 0.368 e. The molecule has 1 aromatic heterocycles.